The molecule has 6 aliphatic carbocycles. The average Bonchev–Trinajstić information content (AvgIpc) is 2.69. The summed E-state index contributed by atoms with van der Waals surface area (Å²) in [5.74, 6) is 1.89. The number of carbonyl (C=O) groups is 1. The lowest BCUT2D eigenvalue weighted by atomic mass is 9.37. The molecule has 6 fully saturated rings. The van der Waals surface area contributed by atoms with Gasteiger partial charge in [-0.3, -0.25) is 4.79 Å². The number of nitrogens with two attached hydrogens (primary N) is 1. The Kier molecular flexibility index (Phi) is 4.55. The molecule has 168 valence electrons. The van der Waals surface area contributed by atoms with Gasteiger partial charge in [0.2, 0.25) is 0 Å². The van der Waals surface area contributed by atoms with Crippen LogP contribution in [0.15, 0.2) is 30.3 Å². The van der Waals surface area contributed by atoms with E-state index in [1.54, 1.807) is 0 Å². The molecule has 0 saturated heterocycles. The molecule has 2 N–H and O–H groups in total. The zero-order valence-electron chi connectivity index (χ0n) is 19.2. The molecule has 4 atom stereocenters. The van der Waals surface area contributed by atoms with Gasteiger partial charge in [0.15, 0.2) is 0 Å². The first kappa shape index (κ1) is 20.4. The first-order chi connectivity index (χ1) is 14.9. The summed E-state index contributed by atoms with van der Waals surface area (Å²) in [6, 6.07) is 11.6. The van der Waals surface area contributed by atoms with Crippen LogP contribution in [0.3, 0.4) is 0 Å². The molecular weight excluding hydrogens is 382 g/mol. The minimum Gasteiger partial charge on any atom is -0.381 e. The summed E-state index contributed by atoms with van der Waals surface area (Å²) in [5.41, 5.74) is 8.32. The highest BCUT2D eigenvalue weighted by molar-refractivity contribution is 5.86. The van der Waals surface area contributed by atoms with Gasteiger partial charge in [-0.05, 0) is 105 Å². The van der Waals surface area contributed by atoms with E-state index in [2.05, 4.69) is 37.3 Å². The van der Waals surface area contributed by atoms with E-state index in [1.807, 2.05) is 0 Å². The molecule has 1 spiro atoms. The van der Waals surface area contributed by atoms with Crippen LogP contribution in [0.2, 0.25) is 0 Å². The fourth-order valence-electron chi connectivity index (χ4n) is 9.72. The summed E-state index contributed by atoms with van der Waals surface area (Å²) in [6.07, 6.45) is 12.7. The molecule has 2 unspecified atom stereocenters. The second-order valence-corrected chi connectivity index (χ2v) is 12.6. The molecule has 0 radical (unpaired) electrons. The van der Waals surface area contributed by atoms with E-state index in [4.69, 9.17) is 10.5 Å². The van der Waals surface area contributed by atoms with Crippen LogP contribution in [0.25, 0.3) is 0 Å². The van der Waals surface area contributed by atoms with E-state index in [0.717, 1.165) is 38.9 Å². The molecule has 0 amide bonds. The van der Waals surface area contributed by atoms with Crippen molar-refractivity contribution in [1.29, 1.82) is 0 Å². The highest BCUT2D eigenvalue weighted by Gasteiger charge is 2.66. The van der Waals surface area contributed by atoms with Crippen LogP contribution >= 0.6 is 0 Å². The zero-order chi connectivity index (χ0) is 21.3. The van der Waals surface area contributed by atoms with Crippen molar-refractivity contribution in [2.45, 2.75) is 89.0 Å². The first-order valence-electron chi connectivity index (χ1n) is 12.8. The summed E-state index contributed by atoms with van der Waals surface area (Å²) in [6.45, 7) is 3.72. The number of benzene rings is 1. The second kappa shape index (κ2) is 6.90. The van der Waals surface area contributed by atoms with Crippen LogP contribution in [-0.2, 0) is 14.9 Å². The fraction of sp³-hybridized carbons (Fsp3) is 0.750. The average molecular weight is 422 g/mol. The predicted octanol–water partition coefficient (Wildman–Crippen LogP) is 5.41. The minimum absolute atomic E-state index is 0.106. The van der Waals surface area contributed by atoms with Crippen molar-refractivity contribution in [3.05, 3.63) is 35.9 Å². The van der Waals surface area contributed by atoms with Crippen molar-refractivity contribution < 1.29 is 9.53 Å². The maximum atomic E-state index is 14.0. The van der Waals surface area contributed by atoms with E-state index in [-0.39, 0.29) is 16.2 Å². The third kappa shape index (κ3) is 3.17. The highest BCUT2D eigenvalue weighted by atomic mass is 16.5. The molecule has 7 rings (SSSR count). The van der Waals surface area contributed by atoms with Gasteiger partial charge in [-0.2, -0.15) is 0 Å². The van der Waals surface area contributed by atoms with Crippen molar-refractivity contribution >= 4 is 5.78 Å². The summed E-state index contributed by atoms with van der Waals surface area (Å²) in [7, 11) is 0. The molecule has 3 nitrogen and oxygen atoms in total. The Bertz CT molecular complexity index is 853. The zero-order valence-corrected chi connectivity index (χ0v) is 19.2. The minimum atomic E-state index is -0.106. The number of ketones is 1. The lowest BCUT2D eigenvalue weighted by molar-refractivity contribution is -0.173. The van der Waals surface area contributed by atoms with Gasteiger partial charge in [0.05, 0.1) is 6.61 Å². The van der Waals surface area contributed by atoms with Gasteiger partial charge in [0, 0.05) is 24.5 Å². The lowest BCUT2D eigenvalue weighted by Gasteiger charge is -2.66. The molecule has 1 aromatic carbocycles. The van der Waals surface area contributed by atoms with Gasteiger partial charge in [0.1, 0.15) is 5.78 Å². The largest absolute Gasteiger partial charge is 0.381 e. The van der Waals surface area contributed by atoms with E-state index in [0.29, 0.717) is 29.1 Å². The second-order valence-electron chi connectivity index (χ2n) is 12.6. The van der Waals surface area contributed by atoms with Gasteiger partial charge in [-0.15, -0.1) is 0 Å². The standard InChI is InChI=1S/C28H39NO2/c1-2-31-19-26-11-21-12-27(16-26,22-6-4-3-5-7-22)18-28(13-21,17-26)24(30)8-20-9-25(10-20)14-23(29)15-25/h3-7,20-21,23H,2,8-19,29H2,1H3/t20?,21?,23?,25?,26-,27+,28?/m0/s1. The fourth-order valence-corrected chi connectivity index (χ4v) is 9.72. The SMILES string of the molecule is CCOC[C@]12CC3CC(C(=O)CC4CC5(CC(N)C5)C4)(C1)C[C@@](c1ccccc1)(C3)C2. The number of ether oxygens (including phenoxy) is 1. The number of Topliss-reactive ketones (excluding diaryl/α,β-unsaturated/α-hetero) is 1. The third-order valence-electron chi connectivity index (χ3n) is 10.1. The Labute approximate surface area is 187 Å². The van der Waals surface area contributed by atoms with Gasteiger partial charge < -0.3 is 10.5 Å². The summed E-state index contributed by atoms with van der Waals surface area (Å²) in [4.78, 5) is 14.0. The maximum absolute atomic E-state index is 14.0. The smallest absolute Gasteiger partial charge is 0.139 e. The van der Waals surface area contributed by atoms with Crippen molar-refractivity contribution in [3.8, 4) is 0 Å². The predicted molar refractivity (Wildman–Crippen MR) is 123 cm³/mol. The normalized spacial score (nSPS) is 47.2. The topological polar surface area (TPSA) is 52.3 Å². The Balaban J connectivity index is 1.27. The Morgan fingerprint density at radius 1 is 1.00 bits per heavy atom. The summed E-state index contributed by atoms with van der Waals surface area (Å²) >= 11 is 0. The lowest BCUT2D eigenvalue weighted by Crippen LogP contribution is -2.62. The molecule has 6 saturated carbocycles. The molecule has 31 heavy (non-hydrogen) atoms. The summed E-state index contributed by atoms with van der Waals surface area (Å²) in [5, 5.41) is 0. The van der Waals surface area contributed by atoms with E-state index >= 15 is 0 Å². The van der Waals surface area contributed by atoms with Crippen LogP contribution in [0.1, 0.15) is 83.1 Å². The van der Waals surface area contributed by atoms with Crippen molar-refractivity contribution in [2.24, 2.45) is 33.8 Å². The number of carbonyl (C=O) groups excluding carboxylic acids is 1. The molecule has 0 heterocycles. The van der Waals surface area contributed by atoms with E-state index < -0.39 is 0 Å². The number of rotatable bonds is 7. The molecular formula is C28H39NO2. The van der Waals surface area contributed by atoms with Crippen LogP contribution in [0.5, 0.6) is 0 Å². The Morgan fingerprint density at radius 3 is 2.48 bits per heavy atom. The first-order valence-corrected chi connectivity index (χ1v) is 12.8. The van der Waals surface area contributed by atoms with Crippen LogP contribution in [-0.4, -0.2) is 25.0 Å². The van der Waals surface area contributed by atoms with Crippen molar-refractivity contribution in [1.82, 2.24) is 0 Å². The van der Waals surface area contributed by atoms with Gasteiger partial charge in [0.25, 0.3) is 0 Å². The maximum Gasteiger partial charge on any atom is 0.139 e. The van der Waals surface area contributed by atoms with Crippen molar-refractivity contribution in [2.75, 3.05) is 13.2 Å². The monoisotopic (exact) mass is 421 g/mol. The number of hydrogen-bond acceptors (Lipinski definition) is 3. The molecule has 6 aliphatic rings. The van der Waals surface area contributed by atoms with Crippen molar-refractivity contribution in [3.63, 3.8) is 0 Å². The third-order valence-corrected chi connectivity index (χ3v) is 10.1. The Morgan fingerprint density at radius 2 is 1.77 bits per heavy atom. The van der Waals surface area contributed by atoms with E-state index in [9.17, 15) is 4.79 Å². The van der Waals surface area contributed by atoms with Gasteiger partial charge in [-0.1, -0.05) is 30.3 Å². The van der Waals surface area contributed by atoms with Gasteiger partial charge >= 0.3 is 0 Å². The molecule has 4 bridgehead atoms. The highest BCUT2D eigenvalue weighted by Crippen LogP contribution is 2.71. The quantitative estimate of drug-likeness (QED) is 0.640. The van der Waals surface area contributed by atoms with Crippen LogP contribution in [0.4, 0.5) is 0 Å². The summed E-state index contributed by atoms with van der Waals surface area (Å²) < 4.78 is 6.07. The van der Waals surface area contributed by atoms with Gasteiger partial charge in [-0.25, -0.2) is 0 Å². The molecule has 1 aromatic rings. The van der Waals surface area contributed by atoms with Crippen LogP contribution < -0.4 is 5.73 Å². The van der Waals surface area contributed by atoms with Crippen LogP contribution in [0, 0.1) is 28.1 Å². The molecule has 0 aliphatic heterocycles. The number of hydrogen-bond donors (Lipinski definition) is 1. The molecule has 0 aromatic heterocycles. The van der Waals surface area contributed by atoms with E-state index in [1.165, 1.54) is 50.5 Å². The Hall–Kier alpha value is -1.19. The molecule has 3 heteroatoms.